The monoisotopic (exact) mass is 307 g/mol. The van der Waals surface area contributed by atoms with Gasteiger partial charge in [0.05, 0.1) is 25.8 Å². The Bertz CT molecular complexity index is 628. The minimum absolute atomic E-state index is 0.423. The zero-order valence-electron chi connectivity index (χ0n) is 12.0. The van der Waals surface area contributed by atoms with Crippen molar-refractivity contribution in [2.45, 2.75) is 13.0 Å². The van der Waals surface area contributed by atoms with E-state index >= 15 is 0 Å². The third-order valence-electron chi connectivity index (χ3n) is 3.29. The van der Waals surface area contributed by atoms with E-state index in [1.165, 1.54) is 0 Å². The number of nitrogens with one attached hydrogen (secondary N) is 2. The predicted molar refractivity (Wildman–Crippen MR) is 83.1 cm³/mol. The van der Waals surface area contributed by atoms with Crippen LogP contribution >= 0.6 is 12.2 Å². The molecule has 1 aromatic rings. The summed E-state index contributed by atoms with van der Waals surface area (Å²) in [4.78, 5) is 11.8. The number of hydrogen-bond acceptors (Lipinski definition) is 4. The summed E-state index contributed by atoms with van der Waals surface area (Å²) in [6.07, 6.45) is 0. The van der Waals surface area contributed by atoms with Gasteiger partial charge in [-0.15, -0.1) is 0 Å². The zero-order valence-corrected chi connectivity index (χ0v) is 12.8. The number of carbonyl (C=O) groups excluding carboxylic acids is 1. The Hall–Kier alpha value is -2.28. The van der Waals surface area contributed by atoms with Crippen LogP contribution in [0.5, 0.6) is 11.5 Å². The third-order valence-corrected chi connectivity index (χ3v) is 3.51. The topological polar surface area (TPSA) is 85.6 Å². The molecule has 0 radical (unpaired) electrons. The van der Waals surface area contributed by atoms with Gasteiger partial charge in [0.15, 0.2) is 5.11 Å². The molecule has 0 spiro atoms. The number of allylic oxidation sites excluding steroid dienone is 1. The molecule has 0 unspecified atom stereocenters. The van der Waals surface area contributed by atoms with Gasteiger partial charge in [0.1, 0.15) is 11.5 Å². The highest BCUT2D eigenvalue weighted by Crippen LogP contribution is 2.34. The molecule has 1 amide bonds. The van der Waals surface area contributed by atoms with E-state index in [2.05, 4.69) is 10.6 Å². The zero-order chi connectivity index (χ0) is 15.6. The van der Waals surface area contributed by atoms with E-state index in [1.807, 2.05) is 6.07 Å². The van der Waals surface area contributed by atoms with Gasteiger partial charge in [-0.2, -0.15) is 0 Å². The number of methoxy groups -OCH3 is 2. The molecule has 7 heteroatoms. The molecule has 112 valence electrons. The number of ether oxygens (including phenoxy) is 2. The maximum atomic E-state index is 11.8. The number of primary amides is 1. The SMILES string of the molecule is COc1ccc([C@@H]2NC(=S)NC(C)=C2C(N)=O)c(OC)c1. The van der Waals surface area contributed by atoms with Gasteiger partial charge in [0.25, 0.3) is 0 Å². The van der Waals surface area contributed by atoms with Crippen molar-refractivity contribution in [1.29, 1.82) is 0 Å². The molecule has 0 aromatic heterocycles. The molecule has 0 aliphatic carbocycles. The van der Waals surface area contributed by atoms with E-state index in [1.54, 1.807) is 33.3 Å². The maximum Gasteiger partial charge on any atom is 0.248 e. The normalized spacial score (nSPS) is 17.9. The number of benzene rings is 1. The molecule has 4 N–H and O–H groups in total. The van der Waals surface area contributed by atoms with Gasteiger partial charge in [0, 0.05) is 17.3 Å². The second kappa shape index (κ2) is 6.01. The summed E-state index contributed by atoms with van der Waals surface area (Å²) in [7, 11) is 3.13. The van der Waals surface area contributed by atoms with Crippen LogP contribution in [-0.4, -0.2) is 25.2 Å². The van der Waals surface area contributed by atoms with Crippen molar-refractivity contribution < 1.29 is 14.3 Å². The molecular formula is C14H17N3O3S. The van der Waals surface area contributed by atoms with Crippen LogP contribution in [0.2, 0.25) is 0 Å². The Morgan fingerprint density at radius 2 is 2.05 bits per heavy atom. The van der Waals surface area contributed by atoms with Crippen LogP contribution < -0.4 is 25.8 Å². The quantitative estimate of drug-likeness (QED) is 0.719. The van der Waals surface area contributed by atoms with E-state index in [-0.39, 0.29) is 0 Å². The first kappa shape index (κ1) is 15.1. The van der Waals surface area contributed by atoms with Crippen molar-refractivity contribution in [1.82, 2.24) is 10.6 Å². The molecule has 0 saturated carbocycles. The Kier molecular flexibility index (Phi) is 4.32. The van der Waals surface area contributed by atoms with Crippen molar-refractivity contribution in [3.63, 3.8) is 0 Å². The first-order chi connectivity index (χ1) is 9.97. The Labute approximate surface area is 128 Å². The van der Waals surface area contributed by atoms with Crippen molar-refractivity contribution >= 4 is 23.2 Å². The molecule has 1 aliphatic rings. The summed E-state index contributed by atoms with van der Waals surface area (Å²) in [6, 6.07) is 4.89. The van der Waals surface area contributed by atoms with Crippen molar-refractivity contribution in [3.05, 3.63) is 35.0 Å². The molecule has 1 aromatic carbocycles. The summed E-state index contributed by atoms with van der Waals surface area (Å²) in [5, 5.41) is 6.38. The molecule has 1 heterocycles. The number of rotatable bonds is 4. The summed E-state index contributed by atoms with van der Waals surface area (Å²) in [5.74, 6) is 0.731. The van der Waals surface area contributed by atoms with E-state index in [0.29, 0.717) is 27.9 Å². The summed E-state index contributed by atoms with van der Waals surface area (Å²) >= 11 is 5.15. The largest absolute Gasteiger partial charge is 0.497 e. The average molecular weight is 307 g/mol. The van der Waals surface area contributed by atoms with Crippen LogP contribution in [0.25, 0.3) is 0 Å². The first-order valence-electron chi connectivity index (χ1n) is 6.28. The maximum absolute atomic E-state index is 11.8. The smallest absolute Gasteiger partial charge is 0.248 e. The van der Waals surface area contributed by atoms with E-state index in [0.717, 1.165) is 5.56 Å². The lowest BCUT2D eigenvalue weighted by atomic mass is 9.94. The highest BCUT2D eigenvalue weighted by molar-refractivity contribution is 7.80. The second-order valence-electron chi connectivity index (χ2n) is 4.54. The third kappa shape index (κ3) is 2.92. The molecule has 21 heavy (non-hydrogen) atoms. The van der Waals surface area contributed by atoms with Crippen molar-refractivity contribution in [3.8, 4) is 11.5 Å². The van der Waals surface area contributed by atoms with Crippen molar-refractivity contribution in [2.24, 2.45) is 5.73 Å². The highest BCUT2D eigenvalue weighted by atomic mass is 32.1. The number of hydrogen-bond donors (Lipinski definition) is 3. The van der Waals surface area contributed by atoms with Crippen LogP contribution in [-0.2, 0) is 4.79 Å². The lowest BCUT2D eigenvalue weighted by Crippen LogP contribution is -2.46. The van der Waals surface area contributed by atoms with Gasteiger partial charge in [-0.3, -0.25) is 4.79 Å². The van der Waals surface area contributed by atoms with Crippen LogP contribution in [0, 0.1) is 0 Å². The van der Waals surface area contributed by atoms with Crippen LogP contribution in [0.1, 0.15) is 18.5 Å². The number of amides is 1. The van der Waals surface area contributed by atoms with Gasteiger partial charge < -0.3 is 25.8 Å². The van der Waals surface area contributed by atoms with E-state index in [9.17, 15) is 4.79 Å². The molecule has 0 bridgehead atoms. The highest BCUT2D eigenvalue weighted by Gasteiger charge is 2.30. The first-order valence-corrected chi connectivity index (χ1v) is 6.68. The minimum Gasteiger partial charge on any atom is -0.497 e. The fraction of sp³-hybridized carbons (Fsp3) is 0.286. The molecule has 1 aliphatic heterocycles. The fourth-order valence-corrected chi connectivity index (χ4v) is 2.58. The van der Waals surface area contributed by atoms with Gasteiger partial charge in [-0.1, -0.05) is 0 Å². The summed E-state index contributed by atoms with van der Waals surface area (Å²) < 4.78 is 10.6. The standard InChI is InChI=1S/C14H17N3O3S/c1-7-11(13(15)18)12(17-14(21)16-7)9-5-4-8(19-2)6-10(9)20-3/h4-6,12H,1-3H3,(H2,15,18)(H2,16,17,21)/t12-/m0/s1. The Balaban J connectivity index is 2.55. The van der Waals surface area contributed by atoms with E-state index < -0.39 is 11.9 Å². The van der Waals surface area contributed by atoms with Gasteiger partial charge in [-0.05, 0) is 31.3 Å². The minimum atomic E-state index is -0.516. The molecule has 1 atom stereocenters. The Morgan fingerprint density at radius 1 is 1.33 bits per heavy atom. The summed E-state index contributed by atoms with van der Waals surface area (Å²) in [5.41, 5.74) is 7.31. The van der Waals surface area contributed by atoms with Crippen LogP contribution in [0.3, 0.4) is 0 Å². The molecule has 6 nitrogen and oxygen atoms in total. The molecular weight excluding hydrogens is 290 g/mol. The van der Waals surface area contributed by atoms with Gasteiger partial charge in [-0.25, -0.2) is 0 Å². The number of nitrogens with two attached hydrogens (primary N) is 1. The average Bonchev–Trinajstić information content (AvgIpc) is 2.45. The van der Waals surface area contributed by atoms with E-state index in [4.69, 9.17) is 27.4 Å². The second-order valence-corrected chi connectivity index (χ2v) is 4.95. The number of carbonyl (C=O) groups is 1. The Morgan fingerprint density at radius 3 is 2.62 bits per heavy atom. The fourth-order valence-electron chi connectivity index (χ4n) is 2.31. The van der Waals surface area contributed by atoms with Crippen LogP contribution in [0.4, 0.5) is 0 Å². The van der Waals surface area contributed by atoms with Gasteiger partial charge in [0.2, 0.25) is 5.91 Å². The van der Waals surface area contributed by atoms with Crippen LogP contribution in [0.15, 0.2) is 29.5 Å². The number of thiocarbonyl (C=S) groups is 1. The summed E-state index contributed by atoms with van der Waals surface area (Å²) in [6.45, 7) is 1.76. The van der Waals surface area contributed by atoms with Crippen molar-refractivity contribution in [2.75, 3.05) is 14.2 Å². The lowest BCUT2D eigenvalue weighted by molar-refractivity contribution is -0.115. The lowest BCUT2D eigenvalue weighted by Gasteiger charge is -2.30. The molecule has 0 fully saturated rings. The molecule has 2 rings (SSSR count). The molecule has 0 saturated heterocycles. The van der Waals surface area contributed by atoms with Gasteiger partial charge >= 0.3 is 0 Å². The predicted octanol–water partition coefficient (Wildman–Crippen LogP) is 0.982.